The third kappa shape index (κ3) is 3.96. The van der Waals surface area contributed by atoms with E-state index in [1.807, 2.05) is 0 Å². The maximum absolute atomic E-state index is 13.0. The maximum Gasteiger partial charge on any atom is 0.263 e. The van der Waals surface area contributed by atoms with Crippen LogP contribution in [0.2, 0.25) is 5.02 Å². The van der Waals surface area contributed by atoms with Gasteiger partial charge in [0.2, 0.25) is 0 Å². The Labute approximate surface area is 173 Å². The molecule has 28 heavy (non-hydrogen) atoms. The second-order valence-corrected chi connectivity index (χ2v) is 10.9. The van der Waals surface area contributed by atoms with Crippen molar-refractivity contribution in [3.8, 4) is 5.75 Å². The molecule has 4 fully saturated rings. The first-order valence-corrected chi connectivity index (χ1v) is 11.6. The van der Waals surface area contributed by atoms with Crippen LogP contribution in [-0.2, 0) is 15.9 Å². The van der Waals surface area contributed by atoms with Gasteiger partial charge in [-0.2, -0.15) is 0 Å². The van der Waals surface area contributed by atoms with Gasteiger partial charge in [0.15, 0.2) is 16.7 Å². The minimum atomic E-state index is -1.75. The minimum absolute atomic E-state index is 0.00728. The van der Waals surface area contributed by atoms with Crippen molar-refractivity contribution in [3.63, 3.8) is 0 Å². The number of hydrogen-bond acceptors (Lipinski definition) is 3. The van der Waals surface area contributed by atoms with Gasteiger partial charge < -0.3 is 14.6 Å². The SMILES string of the molecule is CC(C)(Oc1ccc(Cl)cc1)C(=O)NC1C2CC3CC1CC(CS(=O)O)(C3)C2. The van der Waals surface area contributed by atoms with Gasteiger partial charge in [0.1, 0.15) is 5.75 Å². The average Bonchev–Trinajstić information content (AvgIpc) is 2.58. The van der Waals surface area contributed by atoms with E-state index < -0.39 is 16.7 Å². The van der Waals surface area contributed by atoms with Crippen LogP contribution in [0.1, 0.15) is 46.0 Å². The molecular weight excluding hydrogens is 398 g/mol. The second kappa shape index (κ2) is 7.29. The zero-order valence-electron chi connectivity index (χ0n) is 16.3. The van der Waals surface area contributed by atoms with Crippen molar-refractivity contribution in [3.05, 3.63) is 29.3 Å². The second-order valence-electron chi connectivity index (χ2n) is 9.50. The highest BCUT2D eigenvalue weighted by atomic mass is 35.5. The molecule has 0 aromatic heterocycles. The molecule has 3 atom stereocenters. The number of carbonyl (C=O) groups excluding carboxylic acids is 1. The van der Waals surface area contributed by atoms with Gasteiger partial charge in [0.05, 0.1) is 5.75 Å². The molecule has 4 bridgehead atoms. The molecule has 0 aliphatic heterocycles. The Morgan fingerprint density at radius 1 is 1.25 bits per heavy atom. The fourth-order valence-corrected chi connectivity index (χ4v) is 7.04. The lowest BCUT2D eigenvalue weighted by Gasteiger charge is -2.60. The Hall–Kier alpha value is -1.11. The highest BCUT2D eigenvalue weighted by Gasteiger charge is 2.56. The lowest BCUT2D eigenvalue weighted by atomic mass is 9.48. The number of benzene rings is 1. The average molecular weight is 426 g/mol. The molecular formula is C21H28ClNO4S. The highest BCUT2D eigenvalue weighted by molar-refractivity contribution is 7.79. The van der Waals surface area contributed by atoms with Crippen LogP contribution in [0.5, 0.6) is 5.75 Å². The van der Waals surface area contributed by atoms with Crippen LogP contribution >= 0.6 is 11.6 Å². The highest BCUT2D eigenvalue weighted by Crippen LogP contribution is 2.60. The molecule has 5 rings (SSSR count). The molecule has 1 aromatic rings. The lowest BCUT2D eigenvalue weighted by molar-refractivity contribution is -0.140. The van der Waals surface area contributed by atoms with Crippen LogP contribution in [0.4, 0.5) is 0 Å². The van der Waals surface area contributed by atoms with E-state index in [4.69, 9.17) is 16.3 Å². The summed E-state index contributed by atoms with van der Waals surface area (Å²) in [6, 6.07) is 7.15. The van der Waals surface area contributed by atoms with Crippen molar-refractivity contribution in [1.29, 1.82) is 0 Å². The topological polar surface area (TPSA) is 75.6 Å². The van der Waals surface area contributed by atoms with E-state index in [0.29, 0.717) is 34.3 Å². The summed E-state index contributed by atoms with van der Waals surface area (Å²) in [5, 5.41) is 3.90. The first kappa shape index (κ1) is 20.2. The molecule has 0 spiro atoms. The predicted octanol–water partition coefficient (Wildman–Crippen LogP) is 4.03. The van der Waals surface area contributed by atoms with E-state index >= 15 is 0 Å². The van der Waals surface area contributed by atoms with E-state index in [2.05, 4.69) is 5.32 Å². The number of ether oxygens (including phenoxy) is 1. The first-order valence-electron chi connectivity index (χ1n) is 9.99. The number of amides is 1. The fraction of sp³-hybridized carbons (Fsp3) is 0.667. The summed E-state index contributed by atoms with van der Waals surface area (Å²) < 4.78 is 26.9. The van der Waals surface area contributed by atoms with Gasteiger partial charge in [-0.05, 0) is 93.4 Å². The van der Waals surface area contributed by atoms with E-state index in [-0.39, 0.29) is 17.4 Å². The number of halogens is 1. The van der Waals surface area contributed by atoms with Gasteiger partial charge >= 0.3 is 0 Å². The molecule has 5 nitrogen and oxygen atoms in total. The standard InChI is InChI=1S/C21H28ClNO4S/c1-20(2,27-17-5-3-16(22)4-6-17)19(24)23-18-14-7-13-8-15(18)11-21(9-13,10-14)12-28(25)26/h3-6,13-15,18H,7-12H2,1-2H3,(H,23,24)(H,25,26). The molecule has 1 amide bonds. The van der Waals surface area contributed by atoms with E-state index in [1.165, 1.54) is 0 Å². The van der Waals surface area contributed by atoms with Crippen molar-refractivity contribution in [2.24, 2.45) is 23.2 Å². The third-order valence-electron chi connectivity index (χ3n) is 6.86. The Morgan fingerprint density at radius 2 is 1.86 bits per heavy atom. The number of rotatable bonds is 6. The van der Waals surface area contributed by atoms with Crippen LogP contribution in [-0.4, -0.2) is 32.1 Å². The van der Waals surface area contributed by atoms with Crippen LogP contribution in [0, 0.1) is 23.2 Å². The molecule has 4 aliphatic carbocycles. The summed E-state index contributed by atoms with van der Waals surface area (Å²) in [6.45, 7) is 3.56. The van der Waals surface area contributed by atoms with Gasteiger partial charge in [0, 0.05) is 11.1 Å². The molecule has 3 unspecified atom stereocenters. The Balaban J connectivity index is 1.43. The summed E-state index contributed by atoms with van der Waals surface area (Å²) in [5.41, 5.74) is -1.00. The Bertz CT molecular complexity index is 765. The van der Waals surface area contributed by atoms with Crippen molar-refractivity contribution in [2.45, 2.75) is 57.6 Å². The number of carbonyl (C=O) groups is 1. The Kier molecular flexibility index (Phi) is 5.26. The number of hydrogen-bond donors (Lipinski definition) is 2. The van der Waals surface area contributed by atoms with Crippen LogP contribution < -0.4 is 10.1 Å². The van der Waals surface area contributed by atoms with Gasteiger partial charge in [0.25, 0.3) is 5.91 Å². The minimum Gasteiger partial charge on any atom is -0.478 e. The van der Waals surface area contributed by atoms with E-state index in [9.17, 15) is 13.6 Å². The normalized spacial score (nSPS) is 34.9. The molecule has 0 saturated heterocycles. The predicted molar refractivity (Wildman–Crippen MR) is 110 cm³/mol. The monoisotopic (exact) mass is 425 g/mol. The van der Waals surface area contributed by atoms with Crippen molar-refractivity contribution < 1.29 is 18.3 Å². The zero-order chi connectivity index (χ0) is 20.1. The fourth-order valence-electron chi connectivity index (χ4n) is 6.04. The smallest absolute Gasteiger partial charge is 0.263 e. The van der Waals surface area contributed by atoms with Crippen molar-refractivity contribution in [1.82, 2.24) is 5.32 Å². The molecule has 2 N–H and O–H groups in total. The van der Waals surface area contributed by atoms with Gasteiger partial charge in [-0.25, -0.2) is 4.21 Å². The molecule has 1 aromatic carbocycles. The van der Waals surface area contributed by atoms with Crippen LogP contribution in [0.15, 0.2) is 24.3 Å². The van der Waals surface area contributed by atoms with Crippen molar-refractivity contribution in [2.75, 3.05) is 5.75 Å². The Morgan fingerprint density at radius 3 is 2.43 bits per heavy atom. The summed E-state index contributed by atoms with van der Waals surface area (Å²) in [5.74, 6) is 2.30. The number of nitrogens with one attached hydrogen (secondary N) is 1. The largest absolute Gasteiger partial charge is 0.478 e. The summed E-state index contributed by atoms with van der Waals surface area (Å²) in [4.78, 5) is 13.0. The third-order valence-corrected chi connectivity index (χ3v) is 7.97. The molecule has 4 aliphatic rings. The van der Waals surface area contributed by atoms with E-state index in [0.717, 1.165) is 32.1 Å². The summed E-state index contributed by atoms with van der Waals surface area (Å²) in [6.07, 6.45) is 5.17. The molecule has 154 valence electrons. The van der Waals surface area contributed by atoms with Gasteiger partial charge in [-0.1, -0.05) is 11.6 Å². The summed E-state index contributed by atoms with van der Waals surface area (Å²) >= 11 is 4.16. The van der Waals surface area contributed by atoms with Crippen molar-refractivity contribution >= 4 is 28.6 Å². The summed E-state index contributed by atoms with van der Waals surface area (Å²) in [7, 11) is 0. The zero-order valence-corrected chi connectivity index (χ0v) is 17.9. The molecule has 7 heteroatoms. The van der Waals surface area contributed by atoms with Gasteiger partial charge in [-0.3, -0.25) is 4.79 Å². The molecule has 4 saturated carbocycles. The molecule has 0 heterocycles. The maximum atomic E-state index is 13.0. The first-order chi connectivity index (χ1) is 13.2. The molecule has 0 radical (unpaired) electrons. The van der Waals surface area contributed by atoms with Gasteiger partial charge in [-0.15, -0.1) is 0 Å². The quantitative estimate of drug-likeness (QED) is 0.674. The van der Waals surface area contributed by atoms with E-state index in [1.54, 1.807) is 38.1 Å². The lowest BCUT2D eigenvalue weighted by Crippen LogP contribution is -2.62. The van der Waals surface area contributed by atoms with Crippen LogP contribution in [0.3, 0.4) is 0 Å². The van der Waals surface area contributed by atoms with Crippen LogP contribution in [0.25, 0.3) is 0 Å².